The van der Waals surface area contributed by atoms with Gasteiger partial charge in [-0.25, -0.2) is 8.78 Å². The summed E-state index contributed by atoms with van der Waals surface area (Å²) in [6.45, 7) is -1.06. The first-order valence-corrected chi connectivity index (χ1v) is 11.8. The molecular formula is C26H28F2N4O5. The Bertz CT molecular complexity index is 1230. The van der Waals surface area contributed by atoms with Gasteiger partial charge in [0.2, 0.25) is 5.91 Å². The molecule has 1 saturated heterocycles. The fourth-order valence-corrected chi connectivity index (χ4v) is 4.38. The molecule has 9 nitrogen and oxygen atoms in total. The van der Waals surface area contributed by atoms with Gasteiger partial charge >= 0.3 is 0 Å². The molecule has 0 aliphatic carbocycles. The van der Waals surface area contributed by atoms with E-state index in [1.54, 1.807) is 72.4 Å². The van der Waals surface area contributed by atoms with Crippen LogP contribution in [0.2, 0.25) is 0 Å². The lowest BCUT2D eigenvalue weighted by Crippen LogP contribution is -2.56. The highest BCUT2D eigenvalue weighted by Gasteiger charge is 2.51. The Labute approximate surface area is 212 Å². The predicted octanol–water partition coefficient (Wildman–Crippen LogP) is 1.87. The monoisotopic (exact) mass is 514 g/mol. The molecule has 0 radical (unpaired) electrons. The van der Waals surface area contributed by atoms with Gasteiger partial charge in [0.05, 0.1) is 25.4 Å². The van der Waals surface area contributed by atoms with Crippen molar-refractivity contribution in [3.8, 4) is 0 Å². The molecule has 3 heterocycles. The van der Waals surface area contributed by atoms with Crippen LogP contribution < -0.4 is 10.6 Å². The average molecular weight is 515 g/mol. The number of alkyl halides is 2. The number of aliphatic hydroxyl groups is 1. The number of aliphatic hydroxyl groups excluding tert-OH is 1. The summed E-state index contributed by atoms with van der Waals surface area (Å²) in [5.74, 6) is -5.30. The summed E-state index contributed by atoms with van der Waals surface area (Å²) in [4.78, 5) is 39.7. The number of furan rings is 1. The van der Waals surface area contributed by atoms with Gasteiger partial charge in [0.1, 0.15) is 17.5 Å². The van der Waals surface area contributed by atoms with E-state index in [-0.39, 0.29) is 13.0 Å². The van der Waals surface area contributed by atoms with Gasteiger partial charge in [-0.2, -0.15) is 0 Å². The van der Waals surface area contributed by atoms with Crippen molar-refractivity contribution >= 4 is 17.7 Å². The van der Waals surface area contributed by atoms with Gasteiger partial charge in [-0.1, -0.05) is 30.3 Å². The number of hydrogen-bond acceptors (Lipinski definition) is 5. The summed E-state index contributed by atoms with van der Waals surface area (Å²) in [7, 11) is 1.67. The molecule has 1 aliphatic rings. The number of nitrogens with zero attached hydrogens (tertiary/aromatic N) is 2. The van der Waals surface area contributed by atoms with Crippen molar-refractivity contribution in [2.75, 3.05) is 6.54 Å². The second-order valence-corrected chi connectivity index (χ2v) is 9.06. The quantitative estimate of drug-likeness (QED) is 0.403. The van der Waals surface area contributed by atoms with Crippen molar-refractivity contribution in [1.82, 2.24) is 20.1 Å². The lowest BCUT2D eigenvalue weighted by Gasteiger charge is -2.30. The van der Waals surface area contributed by atoms with Gasteiger partial charge in [0.25, 0.3) is 17.7 Å². The Morgan fingerprint density at radius 1 is 1.14 bits per heavy atom. The Balaban J connectivity index is 1.53. The first kappa shape index (κ1) is 26.1. The minimum atomic E-state index is -3.32. The van der Waals surface area contributed by atoms with Gasteiger partial charge in [-0.05, 0) is 36.2 Å². The molecule has 0 saturated carbocycles. The molecule has 1 aromatic carbocycles. The SMILES string of the molecule is Cn1cccc1C(=O)NC(Cc1ccccc1)C(O)C(=O)N1CC(F)(F)CC1C(=O)NCc1ccco1. The second kappa shape index (κ2) is 11.0. The van der Waals surface area contributed by atoms with Crippen molar-refractivity contribution < 1.29 is 32.7 Å². The summed E-state index contributed by atoms with van der Waals surface area (Å²) in [6, 6.07) is 12.7. The van der Waals surface area contributed by atoms with Gasteiger partial charge in [0, 0.05) is 19.7 Å². The standard InChI is InChI=1S/C26H28F2N4O5/c1-31-11-5-10-20(31)24(35)30-19(13-17-7-3-2-4-8-17)22(33)25(36)32-16-26(27,28)14-21(32)23(34)29-15-18-9-6-12-37-18/h2-12,19,21-22,33H,13-16H2,1H3,(H,29,34)(H,30,35). The van der Waals surface area contributed by atoms with Crippen molar-refractivity contribution in [3.63, 3.8) is 0 Å². The minimum absolute atomic E-state index is 0.0398. The van der Waals surface area contributed by atoms with Crippen LogP contribution in [-0.2, 0) is 29.6 Å². The number of amides is 3. The third kappa shape index (κ3) is 6.23. The molecule has 37 heavy (non-hydrogen) atoms. The van der Waals surface area contributed by atoms with E-state index in [4.69, 9.17) is 4.42 Å². The number of carbonyl (C=O) groups excluding carboxylic acids is 3. The molecular weight excluding hydrogens is 486 g/mol. The number of nitrogens with one attached hydrogen (secondary N) is 2. The fourth-order valence-electron chi connectivity index (χ4n) is 4.38. The van der Waals surface area contributed by atoms with Crippen LogP contribution in [0, 0.1) is 0 Å². The molecule has 0 bridgehead atoms. The summed E-state index contributed by atoms with van der Waals surface area (Å²) in [5, 5.41) is 16.2. The highest BCUT2D eigenvalue weighted by atomic mass is 19.3. The van der Waals surface area contributed by atoms with E-state index < -0.39 is 54.8 Å². The number of aromatic nitrogens is 1. The van der Waals surface area contributed by atoms with Gasteiger partial charge in [-0.3, -0.25) is 14.4 Å². The first-order chi connectivity index (χ1) is 17.6. The van der Waals surface area contributed by atoms with Crippen LogP contribution >= 0.6 is 0 Å². The molecule has 3 aromatic rings. The zero-order valence-corrected chi connectivity index (χ0v) is 20.1. The molecule has 3 unspecified atom stereocenters. The van der Waals surface area contributed by atoms with E-state index in [0.29, 0.717) is 21.9 Å². The van der Waals surface area contributed by atoms with E-state index in [2.05, 4.69) is 10.6 Å². The zero-order chi connectivity index (χ0) is 26.6. The number of benzene rings is 1. The third-order valence-electron chi connectivity index (χ3n) is 6.30. The molecule has 0 spiro atoms. The summed E-state index contributed by atoms with van der Waals surface area (Å²) in [6.07, 6.45) is 0.381. The Kier molecular flexibility index (Phi) is 7.72. The summed E-state index contributed by atoms with van der Waals surface area (Å²) in [5.41, 5.74) is 1.01. The molecule has 2 aromatic heterocycles. The predicted molar refractivity (Wildman–Crippen MR) is 128 cm³/mol. The Hall–Kier alpha value is -3.99. The van der Waals surface area contributed by atoms with Gasteiger partial charge < -0.3 is 29.6 Å². The van der Waals surface area contributed by atoms with Gasteiger partial charge in [-0.15, -0.1) is 0 Å². The van der Waals surface area contributed by atoms with Crippen LogP contribution in [0.25, 0.3) is 0 Å². The maximum atomic E-state index is 14.4. The van der Waals surface area contributed by atoms with Crippen LogP contribution in [0.3, 0.4) is 0 Å². The Morgan fingerprint density at radius 3 is 2.54 bits per heavy atom. The van der Waals surface area contributed by atoms with Crippen LogP contribution in [-0.4, -0.2) is 63.0 Å². The van der Waals surface area contributed by atoms with Crippen molar-refractivity contribution in [2.45, 2.75) is 43.5 Å². The number of aryl methyl sites for hydroxylation is 1. The average Bonchev–Trinajstić information content (AvgIpc) is 3.62. The highest BCUT2D eigenvalue weighted by molar-refractivity contribution is 5.94. The van der Waals surface area contributed by atoms with E-state index in [9.17, 15) is 28.3 Å². The molecule has 3 amide bonds. The maximum absolute atomic E-state index is 14.4. The summed E-state index contributed by atoms with van der Waals surface area (Å²) < 4.78 is 35.5. The largest absolute Gasteiger partial charge is 0.467 e. The topological polar surface area (TPSA) is 117 Å². The van der Waals surface area contributed by atoms with Crippen LogP contribution in [0.1, 0.15) is 28.2 Å². The number of halogens is 2. The second-order valence-electron chi connectivity index (χ2n) is 9.06. The number of rotatable bonds is 9. The number of hydrogen-bond donors (Lipinski definition) is 3. The summed E-state index contributed by atoms with van der Waals surface area (Å²) >= 11 is 0. The smallest absolute Gasteiger partial charge is 0.268 e. The van der Waals surface area contributed by atoms with E-state index in [1.165, 1.54) is 6.26 Å². The van der Waals surface area contributed by atoms with Crippen molar-refractivity contribution in [3.05, 3.63) is 84.1 Å². The minimum Gasteiger partial charge on any atom is -0.467 e. The molecule has 196 valence electrons. The normalized spacial score (nSPS) is 18.3. The van der Waals surface area contributed by atoms with E-state index >= 15 is 0 Å². The first-order valence-electron chi connectivity index (χ1n) is 11.8. The Morgan fingerprint density at radius 2 is 1.89 bits per heavy atom. The number of likely N-dealkylation sites (tertiary alicyclic amines) is 1. The molecule has 4 rings (SSSR count). The lowest BCUT2D eigenvalue weighted by molar-refractivity contribution is -0.147. The molecule has 11 heteroatoms. The maximum Gasteiger partial charge on any atom is 0.268 e. The number of carbonyl (C=O) groups is 3. The van der Waals surface area contributed by atoms with E-state index in [0.717, 1.165) is 0 Å². The molecule has 1 fully saturated rings. The zero-order valence-electron chi connectivity index (χ0n) is 20.1. The molecule has 1 aliphatic heterocycles. The van der Waals surface area contributed by atoms with Crippen LogP contribution in [0.15, 0.2) is 71.5 Å². The fraction of sp³-hybridized carbons (Fsp3) is 0.346. The lowest BCUT2D eigenvalue weighted by atomic mass is 9.99. The molecule has 3 atom stereocenters. The van der Waals surface area contributed by atoms with Crippen LogP contribution in [0.5, 0.6) is 0 Å². The highest BCUT2D eigenvalue weighted by Crippen LogP contribution is 2.33. The third-order valence-corrected chi connectivity index (χ3v) is 6.30. The molecule has 3 N–H and O–H groups in total. The van der Waals surface area contributed by atoms with Crippen LogP contribution in [0.4, 0.5) is 8.78 Å². The van der Waals surface area contributed by atoms with Crippen molar-refractivity contribution in [2.24, 2.45) is 7.05 Å². The van der Waals surface area contributed by atoms with Crippen molar-refractivity contribution in [1.29, 1.82) is 0 Å². The van der Waals surface area contributed by atoms with Gasteiger partial charge in [0.15, 0.2) is 6.10 Å². The van der Waals surface area contributed by atoms with E-state index in [1.807, 2.05) is 0 Å².